The number of nitrogens with one attached hydrogen (secondary N) is 2. The van der Waals surface area contributed by atoms with Crippen LogP contribution in [0.25, 0.3) is 0 Å². The molecule has 1 aliphatic heterocycles. The minimum atomic E-state index is -3.55. The van der Waals surface area contributed by atoms with Crippen LogP contribution in [0, 0.1) is 5.92 Å². The molecule has 10 heteroatoms. The molecular weight excluding hydrogens is 384 g/mol. The molecule has 156 valence electrons. The summed E-state index contributed by atoms with van der Waals surface area (Å²) < 4.78 is 31.8. The Morgan fingerprint density at radius 3 is 2.32 bits per heavy atom. The van der Waals surface area contributed by atoms with Crippen LogP contribution in [0.1, 0.15) is 25.8 Å². The Hall–Kier alpha value is -2.17. The minimum absolute atomic E-state index is 0.201. The fourth-order valence-corrected chi connectivity index (χ4v) is 4.31. The summed E-state index contributed by atoms with van der Waals surface area (Å²) in [6, 6.07) is 4.91. The fourth-order valence-electron chi connectivity index (χ4n) is 2.90. The molecular formula is C18H28N4O5S. The molecule has 0 aliphatic carbocycles. The first-order valence-electron chi connectivity index (χ1n) is 9.20. The maximum Gasteiger partial charge on any atom is 0.312 e. The summed E-state index contributed by atoms with van der Waals surface area (Å²) in [6.07, 6.45) is 0.464. The number of rotatable bonds is 8. The van der Waals surface area contributed by atoms with Crippen molar-refractivity contribution >= 4 is 22.0 Å². The summed E-state index contributed by atoms with van der Waals surface area (Å²) >= 11 is 0. The van der Waals surface area contributed by atoms with Crippen molar-refractivity contribution in [2.45, 2.75) is 37.8 Å². The summed E-state index contributed by atoms with van der Waals surface area (Å²) in [7, 11) is -3.55. The van der Waals surface area contributed by atoms with Crippen molar-refractivity contribution in [3.05, 3.63) is 29.8 Å². The first-order chi connectivity index (χ1) is 13.2. The molecule has 1 heterocycles. The molecule has 28 heavy (non-hydrogen) atoms. The Labute approximate surface area is 165 Å². The summed E-state index contributed by atoms with van der Waals surface area (Å²) in [5.41, 5.74) is 5.88. The Balaban J connectivity index is 1.97. The standard InChI is InChI=1S/C18H28N4O5S/c1-13(2)11-16(21-18(19)24)17(23)20-12-14-3-5-15(6-4-14)28(25,26)22-7-9-27-10-8-22/h3-6,13,16H,7-12H2,1-2H3,(H,20,23)(H3,19,21,24)/t16-/m1/s1. The van der Waals surface area contributed by atoms with Crippen molar-refractivity contribution in [3.63, 3.8) is 0 Å². The average molecular weight is 413 g/mol. The van der Waals surface area contributed by atoms with Crippen molar-refractivity contribution in [1.29, 1.82) is 0 Å². The first kappa shape index (κ1) is 22.1. The molecule has 0 bridgehead atoms. The molecule has 1 aromatic carbocycles. The highest BCUT2D eigenvalue weighted by Crippen LogP contribution is 2.17. The number of sulfonamides is 1. The molecule has 3 amide bonds. The third-order valence-electron chi connectivity index (χ3n) is 4.34. The van der Waals surface area contributed by atoms with E-state index in [0.29, 0.717) is 32.7 Å². The SMILES string of the molecule is CC(C)C[C@@H](NC(N)=O)C(=O)NCc1ccc(S(=O)(=O)N2CCOCC2)cc1. The predicted octanol–water partition coefficient (Wildman–Crippen LogP) is 0.407. The molecule has 0 radical (unpaired) electrons. The lowest BCUT2D eigenvalue weighted by Gasteiger charge is -2.26. The van der Waals surface area contributed by atoms with Crippen molar-refractivity contribution in [2.75, 3.05) is 26.3 Å². The molecule has 4 N–H and O–H groups in total. The Bertz CT molecular complexity index is 774. The predicted molar refractivity (Wildman–Crippen MR) is 104 cm³/mol. The highest BCUT2D eigenvalue weighted by Gasteiger charge is 2.26. The number of nitrogens with zero attached hydrogens (tertiary/aromatic N) is 1. The van der Waals surface area contributed by atoms with Gasteiger partial charge < -0.3 is 21.1 Å². The van der Waals surface area contributed by atoms with E-state index in [-0.39, 0.29) is 23.3 Å². The van der Waals surface area contributed by atoms with Crippen molar-refractivity contribution in [1.82, 2.24) is 14.9 Å². The van der Waals surface area contributed by atoms with Crippen LogP contribution in [0.3, 0.4) is 0 Å². The van der Waals surface area contributed by atoms with Crippen LogP contribution >= 0.6 is 0 Å². The second-order valence-corrected chi connectivity index (χ2v) is 9.01. The lowest BCUT2D eigenvalue weighted by Crippen LogP contribution is -2.49. The number of benzene rings is 1. The summed E-state index contributed by atoms with van der Waals surface area (Å²) in [5.74, 6) is -0.134. The maximum atomic E-state index is 12.6. The Morgan fingerprint density at radius 2 is 1.79 bits per heavy atom. The third kappa shape index (κ3) is 6.18. The van der Waals surface area contributed by atoms with E-state index < -0.39 is 22.1 Å². The van der Waals surface area contributed by atoms with Gasteiger partial charge in [-0.25, -0.2) is 13.2 Å². The number of primary amides is 1. The van der Waals surface area contributed by atoms with E-state index in [2.05, 4.69) is 10.6 Å². The van der Waals surface area contributed by atoms with E-state index in [0.717, 1.165) is 5.56 Å². The molecule has 0 unspecified atom stereocenters. The van der Waals surface area contributed by atoms with E-state index in [9.17, 15) is 18.0 Å². The minimum Gasteiger partial charge on any atom is -0.379 e. The molecule has 0 aromatic heterocycles. The van der Waals surface area contributed by atoms with Gasteiger partial charge in [0, 0.05) is 19.6 Å². The van der Waals surface area contributed by atoms with E-state index in [1.165, 1.54) is 16.4 Å². The van der Waals surface area contributed by atoms with Gasteiger partial charge >= 0.3 is 6.03 Å². The fraction of sp³-hybridized carbons (Fsp3) is 0.556. The molecule has 1 aromatic rings. The number of amides is 3. The zero-order valence-corrected chi connectivity index (χ0v) is 17.0. The maximum absolute atomic E-state index is 12.6. The van der Waals surface area contributed by atoms with Crippen LogP contribution < -0.4 is 16.4 Å². The van der Waals surface area contributed by atoms with Gasteiger partial charge in [0.2, 0.25) is 15.9 Å². The van der Waals surface area contributed by atoms with Crippen LogP contribution in [-0.4, -0.2) is 57.0 Å². The van der Waals surface area contributed by atoms with Crippen LogP contribution in [0.5, 0.6) is 0 Å². The molecule has 2 rings (SSSR count). The zero-order valence-electron chi connectivity index (χ0n) is 16.2. The monoisotopic (exact) mass is 412 g/mol. The number of hydrogen-bond acceptors (Lipinski definition) is 5. The average Bonchev–Trinajstić information content (AvgIpc) is 2.66. The van der Waals surface area contributed by atoms with Gasteiger partial charge in [0.25, 0.3) is 0 Å². The van der Waals surface area contributed by atoms with Crippen molar-refractivity contribution < 1.29 is 22.7 Å². The molecule has 1 aliphatic rings. The van der Waals surface area contributed by atoms with E-state index in [1.807, 2.05) is 13.8 Å². The quantitative estimate of drug-likeness (QED) is 0.569. The lowest BCUT2D eigenvalue weighted by atomic mass is 10.0. The smallest absolute Gasteiger partial charge is 0.312 e. The highest BCUT2D eigenvalue weighted by molar-refractivity contribution is 7.89. The van der Waals surface area contributed by atoms with E-state index in [4.69, 9.17) is 10.5 Å². The first-order valence-corrected chi connectivity index (χ1v) is 10.6. The number of morpholine rings is 1. The second kappa shape index (κ2) is 9.85. The van der Waals surface area contributed by atoms with E-state index >= 15 is 0 Å². The van der Waals surface area contributed by atoms with Crippen LogP contribution in [0.4, 0.5) is 4.79 Å². The van der Waals surface area contributed by atoms with Crippen molar-refractivity contribution in [2.24, 2.45) is 11.7 Å². The van der Waals surface area contributed by atoms with Gasteiger partial charge in [-0.2, -0.15) is 4.31 Å². The van der Waals surface area contributed by atoms with Crippen LogP contribution in [-0.2, 0) is 26.1 Å². The molecule has 0 saturated carbocycles. The third-order valence-corrected chi connectivity index (χ3v) is 6.25. The zero-order chi connectivity index (χ0) is 20.7. The molecule has 1 fully saturated rings. The Kier molecular flexibility index (Phi) is 7.78. The molecule has 0 spiro atoms. The summed E-state index contributed by atoms with van der Waals surface area (Å²) in [4.78, 5) is 23.6. The van der Waals surface area contributed by atoms with E-state index in [1.54, 1.807) is 12.1 Å². The van der Waals surface area contributed by atoms with Gasteiger partial charge in [0.15, 0.2) is 0 Å². The number of carbonyl (C=O) groups excluding carboxylic acids is 2. The van der Waals surface area contributed by atoms with Crippen LogP contribution in [0.2, 0.25) is 0 Å². The van der Waals surface area contributed by atoms with Crippen molar-refractivity contribution in [3.8, 4) is 0 Å². The Morgan fingerprint density at radius 1 is 1.18 bits per heavy atom. The normalized spacial score (nSPS) is 16.5. The number of hydrogen-bond donors (Lipinski definition) is 3. The van der Waals surface area contributed by atoms with Gasteiger partial charge in [-0.05, 0) is 30.0 Å². The topological polar surface area (TPSA) is 131 Å². The van der Waals surface area contributed by atoms with Crippen LogP contribution in [0.15, 0.2) is 29.2 Å². The van der Waals surface area contributed by atoms with Gasteiger partial charge in [0.05, 0.1) is 18.1 Å². The molecule has 1 atom stereocenters. The summed E-state index contributed by atoms with van der Waals surface area (Å²) in [6.45, 7) is 5.55. The number of carbonyl (C=O) groups is 2. The van der Waals surface area contributed by atoms with Gasteiger partial charge in [0.1, 0.15) is 6.04 Å². The van der Waals surface area contributed by atoms with Gasteiger partial charge in [-0.1, -0.05) is 26.0 Å². The molecule has 1 saturated heterocycles. The second-order valence-electron chi connectivity index (χ2n) is 7.07. The summed E-state index contributed by atoms with van der Waals surface area (Å²) in [5, 5.41) is 5.19. The number of urea groups is 1. The van der Waals surface area contributed by atoms with Gasteiger partial charge in [-0.15, -0.1) is 0 Å². The van der Waals surface area contributed by atoms with Gasteiger partial charge in [-0.3, -0.25) is 4.79 Å². The number of nitrogens with two attached hydrogens (primary N) is 1. The lowest BCUT2D eigenvalue weighted by molar-refractivity contribution is -0.123. The highest BCUT2D eigenvalue weighted by atomic mass is 32.2. The largest absolute Gasteiger partial charge is 0.379 e. The number of ether oxygens (including phenoxy) is 1. The molecule has 9 nitrogen and oxygen atoms in total.